The van der Waals surface area contributed by atoms with Crippen molar-refractivity contribution in [3.8, 4) is 0 Å². The fourth-order valence-electron chi connectivity index (χ4n) is 1.38. The Bertz CT molecular complexity index is 496. The molecular weight excluding hydrogens is 229 g/mol. The summed E-state index contributed by atoms with van der Waals surface area (Å²) in [7, 11) is 1.83. The number of hydrogen-bond acceptors (Lipinski definition) is 2. The molecule has 0 aliphatic heterocycles. The Labute approximate surface area is 97.8 Å². The van der Waals surface area contributed by atoms with Gasteiger partial charge in [-0.05, 0) is 11.6 Å². The van der Waals surface area contributed by atoms with E-state index in [0.29, 0.717) is 12.1 Å². The third-order valence-corrected chi connectivity index (χ3v) is 2.63. The van der Waals surface area contributed by atoms with Crippen LogP contribution in [0, 0.1) is 5.82 Å². The molecule has 3 nitrogen and oxygen atoms in total. The lowest BCUT2D eigenvalue weighted by molar-refractivity contribution is 0.626. The van der Waals surface area contributed by atoms with Gasteiger partial charge in [0.25, 0.3) is 0 Å². The van der Waals surface area contributed by atoms with Crippen LogP contribution in [0.4, 0.5) is 10.2 Å². The van der Waals surface area contributed by atoms with E-state index in [0.717, 1.165) is 5.82 Å². The molecule has 0 bridgehead atoms. The molecule has 0 atom stereocenters. The number of nitrogens with zero attached hydrogens (tertiary/aromatic N) is 2. The lowest BCUT2D eigenvalue weighted by atomic mass is 10.2. The standard InChI is InChI=1S/C11H11ClFN3/c1-16-6-5-10(15-16)14-7-8-3-2-4-9(13)11(8)12/h2-6H,7H2,1H3,(H,14,15). The van der Waals surface area contributed by atoms with E-state index in [1.165, 1.54) is 6.07 Å². The van der Waals surface area contributed by atoms with Crippen LogP contribution in [0.25, 0.3) is 0 Å². The molecule has 16 heavy (non-hydrogen) atoms. The van der Waals surface area contributed by atoms with E-state index in [4.69, 9.17) is 11.6 Å². The number of nitrogens with one attached hydrogen (secondary N) is 1. The van der Waals surface area contributed by atoms with Gasteiger partial charge in [0.2, 0.25) is 0 Å². The molecule has 0 saturated heterocycles. The lowest BCUT2D eigenvalue weighted by Gasteiger charge is -2.05. The summed E-state index contributed by atoms with van der Waals surface area (Å²) in [5.41, 5.74) is 0.715. The monoisotopic (exact) mass is 239 g/mol. The highest BCUT2D eigenvalue weighted by atomic mass is 35.5. The van der Waals surface area contributed by atoms with E-state index in [1.54, 1.807) is 16.8 Å². The minimum absolute atomic E-state index is 0.158. The third-order valence-electron chi connectivity index (χ3n) is 2.21. The van der Waals surface area contributed by atoms with E-state index in [2.05, 4.69) is 10.4 Å². The molecule has 0 unspecified atom stereocenters. The van der Waals surface area contributed by atoms with Crippen molar-refractivity contribution < 1.29 is 4.39 Å². The van der Waals surface area contributed by atoms with Gasteiger partial charge in [-0.3, -0.25) is 4.68 Å². The molecule has 0 amide bonds. The number of aryl methyl sites for hydroxylation is 1. The average Bonchev–Trinajstić information content (AvgIpc) is 2.67. The van der Waals surface area contributed by atoms with Crippen molar-refractivity contribution in [3.05, 3.63) is 46.9 Å². The van der Waals surface area contributed by atoms with E-state index in [1.807, 2.05) is 19.3 Å². The van der Waals surface area contributed by atoms with Gasteiger partial charge >= 0.3 is 0 Å². The predicted molar refractivity (Wildman–Crippen MR) is 61.9 cm³/mol. The fourth-order valence-corrected chi connectivity index (χ4v) is 1.57. The van der Waals surface area contributed by atoms with E-state index < -0.39 is 5.82 Å². The number of rotatable bonds is 3. The number of hydrogen-bond donors (Lipinski definition) is 1. The lowest BCUT2D eigenvalue weighted by Crippen LogP contribution is -2.02. The first-order valence-corrected chi connectivity index (χ1v) is 5.21. The quantitative estimate of drug-likeness (QED) is 0.893. The molecule has 2 rings (SSSR count). The second kappa shape index (κ2) is 4.53. The Morgan fingerprint density at radius 1 is 1.44 bits per heavy atom. The molecule has 0 spiro atoms. The van der Waals surface area contributed by atoms with Crippen molar-refractivity contribution in [2.24, 2.45) is 7.05 Å². The highest BCUT2D eigenvalue weighted by molar-refractivity contribution is 6.31. The number of anilines is 1. The molecule has 0 aliphatic carbocycles. The Morgan fingerprint density at radius 2 is 2.25 bits per heavy atom. The van der Waals surface area contributed by atoms with Crippen LogP contribution in [-0.2, 0) is 13.6 Å². The molecule has 0 aliphatic rings. The van der Waals surface area contributed by atoms with Crippen molar-refractivity contribution in [3.63, 3.8) is 0 Å². The van der Waals surface area contributed by atoms with E-state index in [9.17, 15) is 4.39 Å². The van der Waals surface area contributed by atoms with Crippen LogP contribution in [0.5, 0.6) is 0 Å². The minimum atomic E-state index is -0.401. The Balaban J connectivity index is 2.07. The van der Waals surface area contributed by atoms with Gasteiger partial charge < -0.3 is 5.32 Å². The summed E-state index contributed by atoms with van der Waals surface area (Å²) in [6.07, 6.45) is 1.83. The molecule has 0 fully saturated rings. The highest BCUT2D eigenvalue weighted by Crippen LogP contribution is 2.20. The number of halogens is 2. The van der Waals surface area contributed by atoms with Gasteiger partial charge in [0.15, 0.2) is 0 Å². The molecule has 0 radical (unpaired) electrons. The first-order chi connectivity index (χ1) is 7.66. The Morgan fingerprint density at radius 3 is 2.94 bits per heavy atom. The minimum Gasteiger partial charge on any atom is -0.364 e. The largest absolute Gasteiger partial charge is 0.364 e. The van der Waals surface area contributed by atoms with E-state index >= 15 is 0 Å². The van der Waals surface area contributed by atoms with Gasteiger partial charge in [-0.15, -0.1) is 0 Å². The molecule has 1 aromatic heterocycles. The summed E-state index contributed by atoms with van der Waals surface area (Å²) >= 11 is 5.82. The topological polar surface area (TPSA) is 29.9 Å². The van der Waals surface area contributed by atoms with Crippen LogP contribution < -0.4 is 5.32 Å². The summed E-state index contributed by atoms with van der Waals surface area (Å²) < 4.78 is 14.8. The summed E-state index contributed by atoms with van der Waals surface area (Å²) in [6.45, 7) is 0.452. The highest BCUT2D eigenvalue weighted by Gasteiger charge is 2.05. The van der Waals surface area contributed by atoms with Crippen LogP contribution in [0.15, 0.2) is 30.5 Å². The first-order valence-electron chi connectivity index (χ1n) is 4.83. The normalized spacial score (nSPS) is 10.4. The summed E-state index contributed by atoms with van der Waals surface area (Å²) in [5, 5.41) is 7.37. The molecule has 5 heteroatoms. The molecule has 1 N–H and O–H groups in total. The Hall–Kier alpha value is -1.55. The first kappa shape index (κ1) is 11.0. The van der Waals surface area contributed by atoms with Gasteiger partial charge in [-0.1, -0.05) is 23.7 Å². The molecule has 2 aromatic rings. The van der Waals surface area contributed by atoms with Crippen molar-refractivity contribution in [2.75, 3.05) is 5.32 Å². The van der Waals surface area contributed by atoms with Gasteiger partial charge in [-0.2, -0.15) is 5.10 Å². The summed E-state index contributed by atoms with van der Waals surface area (Å²) in [4.78, 5) is 0. The maximum Gasteiger partial charge on any atom is 0.148 e. The average molecular weight is 240 g/mol. The van der Waals surface area contributed by atoms with Gasteiger partial charge in [0.1, 0.15) is 11.6 Å². The Kier molecular flexibility index (Phi) is 3.10. The maximum absolute atomic E-state index is 13.1. The van der Waals surface area contributed by atoms with Gasteiger partial charge in [-0.25, -0.2) is 4.39 Å². The fraction of sp³-hybridized carbons (Fsp3) is 0.182. The van der Waals surface area contributed by atoms with Crippen LogP contribution in [-0.4, -0.2) is 9.78 Å². The molecule has 1 heterocycles. The zero-order chi connectivity index (χ0) is 11.5. The smallest absolute Gasteiger partial charge is 0.148 e. The van der Waals surface area contributed by atoms with Gasteiger partial charge in [0.05, 0.1) is 5.02 Å². The SMILES string of the molecule is Cn1ccc(NCc2cccc(F)c2Cl)n1. The second-order valence-corrected chi connectivity index (χ2v) is 3.82. The zero-order valence-electron chi connectivity index (χ0n) is 8.74. The summed E-state index contributed by atoms with van der Waals surface area (Å²) in [6, 6.07) is 6.60. The van der Waals surface area contributed by atoms with Crippen LogP contribution in [0.3, 0.4) is 0 Å². The predicted octanol–water partition coefficient (Wildman–Crippen LogP) is 2.82. The molecule has 0 saturated carbocycles. The van der Waals surface area contributed by atoms with Gasteiger partial charge in [0, 0.05) is 25.9 Å². The van der Waals surface area contributed by atoms with Crippen LogP contribution in [0.1, 0.15) is 5.56 Å². The molecule has 84 valence electrons. The maximum atomic E-state index is 13.1. The molecule has 1 aromatic carbocycles. The van der Waals surface area contributed by atoms with E-state index in [-0.39, 0.29) is 5.02 Å². The van der Waals surface area contributed by atoms with Crippen molar-refractivity contribution in [2.45, 2.75) is 6.54 Å². The van der Waals surface area contributed by atoms with Crippen LogP contribution >= 0.6 is 11.6 Å². The number of aromatic nitrogens is 2. The molecular formula is C11H11ClFN3. The summed E-state index contributed by atoms with van der Waals surface area (Å²) in [5.74, 6) is 0.338. The number of benzene rings is 1. The second-order valence-electron chi connectivity index (χ2n) is 3.44. The third kappa shape index (κ3) is 2.33. The zero-order valence-corrected chi connectivity index (χ0v) is 9.50. The van der Waals surface area contributed by atoms with Crippen molar-refractivity contribution >= 4 is 17.4 Å². The van der Waals surface area contributed by atoms with Crippen molar-refractivity contribution in [1.82, 2.24) is 9.78 Å². The van der Waals surface area contributed by atoms with Crippen LogP contribution in [0.2, 0.25) is 5.02 Å². The van der Waals surface area contributed by atoms with Crippen molar-refractivity contribution in [1.29, 1.82) is 0 Å².